The normalized spacial score (nSPS) is 44.3. The molecule has 1 fully saturated rings. The minimum absolute atomic E-state index is 0.341. The minimum atomic E-state index is -0.830. The molecule has 82 valence electrons. The lowest BCUT2D eigenvalue weighted by molar-refractivity contribution is -0.143. The number of esters is 1. The van der Waals surface area contributed by atoms with Gasteiger partial charge in [-0.2, -0.15) is 0 Å². The summed E-state index contributed by atoms with van der Waals surface area (Å²) in [4.78, 5) is 11.5. The molecular weight excluding hydrogens is 196 g/mol. The van der Waals surface area contributed by atoms with Crippen LogP contribution in [0.3, 0.4) is 0 Å². The number of rotatable bonds is 1. The average Bonchev–Trinajstić information content (AvgIpc) is 2.39. The fourth-order valence-electron chi connectivity index (χ4n) is 1.96. The molecule has 0 aromatic heterocycles. The van der Waals surface area contributed by atoms with E-state index < -0.39 is 23.8 Å². The highest BCUT2D eigenvalue weighted by Crippen LogP contribution is 2.40. The van der Waals surface area contributed by atoms with Gasteiger partial charge in [-0.3, -0.25) is 0 Å². The van der Waals surface area contributed by atoms with Crippen molar-refractivity contribution in [3.8, 4) is 0 Å². The van der Waals surface area contributed by atoms with Gasteiger partial charge in [-0.25, -0.2) is 4.79 Å². The van der Waals surface area contributed by atoms with Gasteiger partial charge in [0.1, 0.15) is 23.9 Å². The monoisotopic (exact) mass is 210 g/mol. The molecule has 4 heteroatoms. The van der Waals surface area contributed by atoms with Crippen molar-refractivity contribution < 1.29 is 19.4 Å². The maximum Gasteiger partial charge on any atom is 0.337 e. The molecule has 2 aliphatic rings. The van der Waals surface area contributed by atoms with E-state index in [4.69, 9.17) is 9.47 Å². The van der Waals surface area contributed by atoms with Crippen LogP contribution in [0.1, 0.15) is 13.8 Å². The van der Waals surface area contributed by atoms with Crippen LogP contribution in [0.5, 0.6) is 0 Å². The van der Waals surface area contributed by atoms with Crippen molar-refractivity contribution in [3.05, 3.63) is 24.3 Å². The highest BCUT2D eigenvalue weighted by atomic mass is 16.6. The predicted octanol–water partition coefficient (Wildman–Crippen LogP) is 0.562. The van der Waals surface area contributed by atoms with Crippen molar-refractivity contribution in [1.82, 2.24) is 0 Å². The van der Waals surface area contributed by atoms with E-state index in [9.17, 15) is 9.90 Å². The van der Waals surface area contributed by atoms with Crippen LogP contribution in [0.4, 0.5) is 0 Å². The van der Waals surface area contributed by atoms with Crippen LogP contribution in [0.25, 0.3) is 0 Å². The lowest BCUT2D eigenvalue weighted by atomic mass is 9.88. The summed E-state index contributed by atoms with van der Waals surface area (Å²) in [7, 11) is 0. The van der Waals surface area contributed by atoms with E-state index in [0.717, 1.165) is 0 Å². The summed E-state index contributed by atoms with van der Waals surface area (Å²) in [6.45, 7) is 7.15. The second-order valence-corrected chi connectivity index (χ2v) is 4.04. The number of fused-ring (bicyclic) bond motifs is 1. The maximum atomic E-state index is 11.5. The average molecular weight is 210 g/mol. The first-order valence-electron chi connectivity index (χ1n) is 4.90. The van der Waals surface area contributed by atoms with Gasteiger partial charge >= 0.3 is 5.97 Å². The zero-order valence-corrected chi connectivity index (χ0v) is 8.77. The van der Waals surface area contributed by atoms with Gasteiger partial charge in [0.25, 0.3) is 0 Å². The largest absolute Gasteiger partial charge is 0.456 e. The standard InChI is InChI=1S/C11H14O4/c1-4-9-8(12)5-7-10(13)14-6(2)11(7,3)15-9/h4-6,8-9,12H,1H2,2-3H3/t6-,8+,9+,11+/m0/s1. The van der Waals surface area contributed by atoms with Crippen LogP contribution < -0.4 is 0 Å². The second kappa shape index (κ2) is 3.18. The lowest BCUT2D eigenvalue weighted by Gasteiger charge is -2.36. The van der Waals surface area contributed by atoms with E-state index in [0.29, 0.717) is 5.57 Å². The Labute approximate surface area is 88.2 Å². The van der Waals surface area contributed by atoms with E-state index in [1.807, 2.05) is 0 Å². The Bertz CT molecular complexity index is 346. The molecule has 2 heterocycles. The maximum absolute atomic E-state index is 11.5. The van der Waals surface area contributed by atoms with Gasteiger partial charge < -0.3 is 14.6 Å². The van der Waals surface area contributed by atoms with Crippen LogP contribution in [0, 0.1) is 0 Å². The summed E-state index contributed by atoms with van der Waals surface area (Å²) in [5.74, 6) is -0.411. The van der Waals surface area contributed by atoms with E-state index in [1.54, 1.807) is 13.8 Å². The summed E-state index contributed by atoms with van der Waals surface area (Å²) in [5.41, 5.74) is -0.365. The van der Waals surface area contributed by atoms with Crippen molar-refractivity contribution in [3.63, 3.8) is 0 Å². The van der Waals surface area contributed by atoms with Gasteiger partial charge in [0, 0.05) is 0 Å². The number of ether oxygens (including phenoxy) is 2. The van der Waals surface area contributed by atoms with Gasteiger partial charge in [-0.15, -0.1) is 6.58 Å². The number of hydrogen-bond donors (Lipinski definition) is 1. The van der Waals surface area contributed by atoms with Crippen LogP contribution in [0.15, 0.2) is 24.3 Å². The summed E-state index contributed by atoms with van der Waals surface area (Å²) >= 11 is 0. The van der Waals surface area contributed by atoms with Crippen molar-refractivity contribution in [1.29, 1.82) is 0 Å². The number of aliphatic hydroxyl groups is 1. The third kappa shape index (κ3) is 1.33. The molecule has 1 N–H and O–H groups in total. The molecular formula is C11H14O4. The number of hydrogen-bond acceptors (Lipinski definition) is 4. The molecule has 1 saturated heterocycles. The van der Waals surface area contributed by atoms with Crippen LogP contribution in [-0.2, 0) is 14.3 Å². The molecule has 4 atom stereocenters. The van der Waals surface area contributed by atoms with E-state index in [2.05, 4.69) is 6.58 Å². The van der Waals surface area contributed by atoms with Crippen LogP contribution in [0.2, 0.25) is 0 Å². The van der Waals surface area contributed by atoms with Crippen molar-refractivity contribution in [2.45, 2.75) is 37.8 Å². The van der Waals surface area contributed by atoms with E-state index >= 15 is 0 Å². The molecule has 0 amide bonds. The van der Waals surface area contributed by atoms with Gasteiger partial charge in [0.15, 0.2) is 0 Å². The van der Waals surface area contributed by atoms with Crippen LogP contribution in [-0.4, -0.2) is 35.0 Å². The first-order valence-corrected chi connectivity index (χ1v) is 4.90. The Balaban J connectivity index is 2.43. The zero-order chi connectivity index (χ0) is 11.2. The van der Waals surface area contributed by atoms with Crippen LogP contribution >= 0.6 is 0 Å². The summed E-state index contributed by atoms with van der Waals surface area (Å²) in [5, 5.41) is 9.65. The summed E-state index contributed by atoms with van der Waals surface area (Å²) in [6, 6.07) is 0. The third-order valence-corrected chi connectivity index (χ3v) is 3.10. The molecule has 0 aliphatic carbocycles. The lowest BCUT2D eigenvalue weighted by Crippen LogP contribution is -2.47. The fraction of sp³-hybridized carbons (Fsp3) is 0.545. The fourth-order valence-corrected chi connectivity index (χ4v) is 1.96. The SMILES string of the molecule is C=C[C@H]1O[C@@]2(C)C(=C[C@H]1O)C(=O)O[C@H]2C. The molecule has 0 aromatic rings. The Hall–Kier alpha value is -1.13. The first-order chi connectivity index (χ1) is 6.99. The number of aliphatic hydroxyl groups excluding tert-OH is 1. The Morgan fingerprint density at radius 3 is 2.93 bits per heavy atom. The summed E-state index contributed by atoms with van der Waals surface area (Å²) < 4.78 is 10.7. The zero-order valence-electron chi connectivity index (χ0n) is 8.77. The van der Waals surface area contributed by atoms with Gasteiger partial charge in [0.2, 0.25) is 0 Å². The minimum Gasteiger partial charge on any atom is -0.456 e. The van der Waals surface area contributed by atoms with E-state index in [-0.39, 0.29) is 6.10 Å². The number of cyclic esters (lactones) is 1. The number of carbonyl (C=O) groups is 1. The highest BCUT2D eigenvalue weighted by molar-refractivity contribution is 5.94. The molecule has 0 bridgehead atoms. The Morgan fingerprint density at radius 1 is 1.67 bits per heavy atom. The highest BCUT2D eigenvalue weighted by Gasteiger charge is 2.53. The van der Waals surface area contributed by atoms with Gasteiger partial charge in [-0.1, -0.05) is 6.08 Å². The smallest absolute Gasteiger partial charge is 0.337 e. The van der Waals surface area contributed by atoms with Gasteiger partial charge in [-0.05, 0) is 19.9 Å². The van der Waals surface area contributed by atoms with Crippen molar-refractivity contribution in [2.24, 2.45) is 0 Å². The predicted molar refractivity (Wildman–Crippen MR) is 53.1 cm³/mol. The molecule has 0 spiro atoms. The van der Waals surface area contributed by atoms with Crippen molar-refractivity contribution >= 4 is 5.97 Å². The molecule has 4 nitrogen and oxygen atoms in total. The van der Waals surface area contributed by atoms with E-state index in [1.165, 1.54) is 12.2 Å². The van der Waals surface area contributed by atoms with Crippen molar-refractivity contribution in [2.75, 3.05) is 0 Å². The number of carbonyl (C=O) groups excluding carboxylic acids is 1. The molecule has 0 unspecified atom stereocenters. The molecule has 0 saturated carbocycles. The molecule has 0 aromatic carbocycles. The molecule has 0 radical (unpaired) electrons. The Kier molecular flexibility index (Phi) is 2.20. The summed E-state index contributed by atoms with van der Waals surface area (Å²) in [6.07, 6.45) is 1.37. The molecule has 2 rings (SSSR count). The van der Waals surface area contributed by atoms with Gasteiger partial charge in [0.05, 0.1) is 5.57 Å². The Morgan fingerprint density at radius 2 is 2.33 bits per heavy atom. The molecule has 2 aliphatic heterocycles. The third-order valence-electron chi connectivity index (χ3n) is 3.10. The molecule has 15 heavy (non-hydrogen) atoms. The first kappa shape index (κ1) is 10.4. The second-order valence-electron chi connectivity index (χ2n) is 4.04. The quantitative estimate of drug-likeness (QED) is 0.507. The topological polar surface area (TPSA) is 55.8 Å².